The molecule has 3 heteroatoms. The maximum atomic E-state index is 13.9. The highest BCUT2D eigenvalue weighted by atomic mass is 16.1. The first kappa shape index (κ1) is 20.3. The van der Waals surface area contributed by atoms with Gasteiger partial charge < -0.3 is 0 Å². The Hall–Kier alpha value is -4.37. The monoisotopic (exact) mass is 440 g/mol. The van der Waals surface area contributed by atoms with Gasteiger partial charge in [-0.15, -0.1) is 0 Å². The Kier molecular flexibility index (Phi) is 5.08. The van der Waals surface area contributed by atoms with Crippen molar-refractivity contribution in [3.05, 3.63) is 130 Å². The largest absolute Gasteiger partial charge is 0.338 e. The molecule has 5 aromatic rings. The lowest BCUT2D eigenvalue weighted by Crippen LogP contribution is -2.34. The van der Waals surface area contributed by atoms with E-state index in [1.165, 1.54) is 0 Å². The molecule has 4 aromatic carbocycles. The van der Waals surface area contributed by atoms with E-state index < -0.39 is 0 Å². The molecule has 1 aliphatic rings. The first-order chi connectivity index (χ1) is 16.8. The topological polar surface area (TPSA) is 26.9 Å². The minimum Gasteiger partial charge on any atom is -0.261 e. The second-order valence-corrected chi connectivity index (χ2v) is 8.54. The zero-order valence-corrected chi connectivity index (χ0v) is 18.8. The van der Waals surface area contributed by atoms with E-state index in [2.05, 4.69) is 60.7 Å². The molecule has 0 amide bonds. The summed E-state index contributed by atoms with van der Waals surface area (Å²) in [6.45, 7) is 0. The van der Waals surface area contributed by atoms with Crippen LogP contribution in [0.5, 0.6) is 0 Å². The van der Waals surface area contributed by atoms with Gasteiger partial charge in [0.15, 0.2) is 0 Å². The fraction of sp³-hybridized carbons (Fsp3) is 0.0645. The lowest BCUT2D eigenvalue weighted by molar-refractivity contribution is 0.893. The predicted octanol–water partition coefficient (Wildman–Crippen LogP) is 5.32. The Morgan fingerprint density at radius 1 is 0.471 bits per heavy atom. The predicted molar refractivity (Wildman–Crippen MR) is 140 cm³/mol. The molecule has 34 heavy (non-hydrogen) atoms. The van der Waals surface area contributed by atoms with Crippen LogP contribution in [-0.2, 0) is 0 Å². The van der Waals surface area contributed by atoms with Crippen molar-refractivity contribution in [1.82, 2.24) is 9.13 Å². The lowest BCUT2D eigenvalue weighted by atomic mass is 10.1. The summed E-state index contributed by atoms with van der Waals surface area (Å²) >= 11 is 0. The van der Waals surface area contributed by atoms with Crippen molar-refractivity contribution in [2.75, 3.05) is 0 Å². The Morgan fingerprint density at radius 3 is 1.32 bits per heavy atom. The fourth-order valence-electron chi connectivity index (χ4n) is 4.78. The average Bonchev–Trinajstić information content (AvgIpc) is 3.21. The van der Waals surface area contributed by atoms with Crippen molar-refractivity contribution >= 4 is 12.2 Å². The fourth-order valence-corrected chi connectivity index (χ4v) is 4.78. The van der Waals surface area contributed by atoms with Gasteiger partial charge in [0.2, 0.25) is 0 Å². The third-order valence-corrected chi connectivity index (χ3v) is 6.39. The molecule has 0 spiro atoms. The highest BCUT2D eigenvalue weighted by molar-refractivity contribution is 5.67. The van der Waals surface area contributed by atoms with Gasteiger partial charge in [0.25, 0.3) is 0 Å². The van der Waals surface area contributed by atoms with Crippen molar-refractivity contribution in [1.29, 1.82) is 0 Å². The molecule has 1 aliphatic carbocycles. The Balaban J connectivity index is 1.55. The van der Waals surface area contributed by atoms with Crippen molar-refractivity contribution in [3.63, 3.8) is 0 Å². The number of aromatic nitrogens is 2. The molecule has 0 saturated carbocycles. The zero-order valence-electron chi connectivity index (χ0n) is 18.8. The van der Waals surface area contributed by atoms with Crippen LogP contribution in [0.25, 0.3) is 45.8 Å². The molecule has 1 aromatic heterocycles. The Bertz CT molecular complexity index is 1540. The summed E-state index contributed by atoms with van der Waals surface area (Å²) in [5.41, 5.74) is 6.18. The number of imidazole rings is 1. The molecule has 0 radical (unpaired) electrons. The zero-order chi connectivity index (χ0) is 22.9. The number of nitrogens with zero attached hydrogens (tertiary/aromatic N) is 2. The first-order valence-electron chi connectivity index (χ1n) is 11.7. The molecule has 0 aliphatic heterocycles. The van der Waals surface area contributed by atoms with E-state index in [1.807, 2.05) is 69.8 Å². The Labute approximate surface area is 198 Å². The van der Waals surface area contributed by atoms with Gasteiger partial charge in [-0.25, -0.2) is 4.79 Å². The SMILES string of the molecule is O=c1n(-c2cccc(-c3ccccc3)c2)c2c(n1-c1cccc(-c3ccccc3)c1)=CCCC=2. The van der Waals surface area contributed by atoms with Crippen LogP contribution >= 0.6 is 0 Å². The third-order valence-electron chi connectivity index (χ3n) is 6.39. The highest BCUT2D eigenvalue weighted by Crippen LogP contribution is 2.22. The van der Waals surface area contributed by atoms with Crippen molar-refractivity contribution < 1.29 is 0 Å². The Morgan fingerprint density at radius 2 is 0.882 bits per heavy atom. The minimum atomic E-state index is -0.0465. The first-order valence-corrected chi connectivity index (χ1v) is 11.7. The maximum absolute atomic E-state index is 13.9. The van der Waals surface area contributed by atoms with Gasteiger partial charge in [0, 0.05) is 0 Å². The summed E-state index contributed by atoms with van der Waals surface area (Å²) in [6, 6.07) is 37.0. The van der Waals surface area contributed by atoms with Gasteiger partial charge in [0.05, 0.1) is 22.1 Å². The third kappa shape index (κ3) is 3.52. The molecule has 1 heterocycles. The number of rotatable bonds is 4. The van der Waals surface area contributed by atoms with E-state index >= 15 is 0 Å². The number of fused-ring (bicyclic) bond motifs is 1. The minimum absolute atomic E-state index is 0.0465. The second-order valence-electron chi connectivity index (χ2n) is 8.54. The van der Waals surface area contributed by atoms with Gasteiger partial charge in [-0.05, 0) is 59.4 Å². The van der Waals surface area contributed by atoms with E-state index in [9.17, 15) is 4.79 Å². The summed E-state index contributed by atoms with van der Waals surface area (Å²) in [7, 11) is 0. The van der Waals surface area contributed by atoms with Gasteiger partial charge in [0.1, 0.15) is 0 Å². The lowest BCUT2D eigenvalue weighted by Gasteiger charge is -2.08. The standard InChI is InChI=1S/C31H24N2O/c34-31-32(27-17-9-15-25(21-27)23-11-3-1-4-12-23)29-19-7-8-20-30(29)33(31)28-18-10-16-26(22-28)24-13-5-2-6-14-24/h1-6,9-22H,7-8H2. The molecule has 3 nitrogen and oxygen atoms in total. The summed E-state index contributed by atoms with van der Waals surface area (Å²) < 4.78 is 3.71. The van der Waals surface area contributed by atoms with E-state index in [0.29, 0.717) is 0 Å². The van der Waals surface area contributed by atoms with Gasteiger partial charge in [-0.2, -0.15) is 0 Å². The van der Waals surface area contributed by atoms with Gasteiger partial charge in [-0.1, -0.05) is 97.1 Å². The summed E-state index contributed by atoms with van der Waals surface area (Å²) in [5.74, 6) is 0. The number of hydrogen-bond donors (Lipinski definition) is 0. The quantitative estimate of drug-likeness (QED) is 0.372. The molecule has 0 bridgehead atoms. The normalized spacial score (nSPS) is 12.5. The van der Waals surface area contributed by atoms with Crippen molar-refractivity contribution in [2.45, 2.75) is 12.8 Å². The van der Waals surface area contributed by atoms with E-state index in [1.54, 1.807) is 0 Å². The molecule has 0 fully saturated rings. The molecule has 0 atom stereocenters. The van der Waals surface area contributed by atoms with Crippen molar-refractivity contribution in [3.8, 4) is 33.6 Å². The molecule has 6 rings (SSSR count). The van der Waals surface area contributed by atoms with Gasteiger partial charge >= 0.3 is 5.69 Å². The molecule has 164 valence electrons. The van der Waals surface area contributed by atoms with Crippen LogP contribution in [0.4, 0.5) is 0 Å². The molecule has 0 saturated heterocycles. The smallest absolute Gasteiger partial charge is 0.261 e. The summed E-state index contributed by atoms with van der Waals surface area (Å²) in [6.07, 6.45) is 6.23. The van der Waals surface area contributed by atoms with Crippen LogP contribution in [0, 0.1) is 0 Å². The van der Waals surface area contributed by atoms with Crippen LogP contribution in [0.1, 0.15) is 12.8 Å². The van der Waals surface area contributed by atoms with Crippen LogP contribution in [-0.4, -0.2) is 9.13 Å². The molecular formula is C31H24N2O. The van der Waals surface area contributed by atoms with Crippen LogP contribution in [0.15, 0.2) is 114 Å². The molecule has 0 unspecified atom stereocenters. The van der Waals surface area contributed by atoms with E-state index in [-0.39, 0.29) is 5.69 Å². The number of benzene rings is 4. The maximum Gasteiger partial charge on any atom is 0.338 e. The summed E-state index contributed by atoms with van der Waals surface area (Å²) in [5, 5.41) is 1.93. The van der Waals surface area contributed by atoms with E-state index in [4.69, 9.17) is 0 Å². The average molecular weight is 441 g/mol. The van der Waals surface area contributed by atoms with Crippen molar-refractivity contribution in [2.24, 2.45) is 0 Å². The van der Waals surface area contributed by atoms with Gasteiger partial charge in [-0.3, -0.25) is 9.13 Å². The molecule has 0 N–H and O–H groups in total. The van der Waals surface area contributed by atoms with E-state index in [0.717, 1.165) is 57.2 Å². The highest BCUT2D eigenvalue weighted by Gasteiger charge is 2.16. The number of hydrogen-bond acceptors (Lipinski definition) is 1. The van der Waals surface area contributed by atoms with Crippen LogP contribution in [0.2, 0.25) is 0 Å². The van der Waals surface area contributed by atoms with Crippen LogP contribution in [0.3, 0.4) is 0 Å². The molecular weight excluding hydrogens is 416 g/mol. The summed E-state index contributed by atoms with van der Waals surface area (Å²) in [4.78, 5) is 13.9. The van der Waals surface area contributed by atoms with Crippen LogP contribution < -0.4 is 16.4 Å². The second kappa shape index (κ2) is 8.53.